The largest absolute Gasteiger partial charge is 0.364 e. The number of primary amides is 1. The lowest BCUT2D eigenvalue weighted by Gasteiger charge is -2.45. The van der Waals surface area contributed by atoms with Crippen LogP contribution in [-0.2, 0) is 4.79 Å². The number of nitrogens with zero attached hydrogens (tertiary/aromatic N) is 2. The molecule has 170 valence electrons. The Balaban J connectivity index is 1.45. The number of benzene rings is 1. The Bertz CT molecular complexity index is 1080. The summed E-state index contributed by atoms with van der Waals surface area (Å²) in [5.74, 6) is -1.61. The second kappa shape index (κ2) is 8.54. The van der Waals surface area contributed by atoms with Crippen LogP contribution in [-0.4, -0.2) is 40.3 Å². The normalized spacial score (nSPS) is 23.4. The smallest absolute Gasteiger partial charge is 0.270 e. The molecule has 0 unspecified atom stereocenters. The summed E-state index contributed by atoms with van der Waals surface area (Å²) in [6, 6.07) is 2.75. The fourth-order valence-electron chi connectivity index (χ4n) is 4.84. The molecule has 1 aromatic heterocycles. The van der Waals surface area contributed by atoms with E-state index >= 15 is 0 Å². The van der Waals surface area contributed by atoms with Gasteiger partial charge >= 0.3 is 0 Å². The SMILES string of the molecule is Cc1cc(N2CCC[C@]3(CC[C@@H](NC(=O)c4[nH]cnc4C(N)=O)CC3)C2=O)c(Cl)cc1F. The van der Waals surface area contributed by atoms with Gasteiger partial charge in [0, 0.05) is 18.0 Å². The van der Waals surface area contributed by atoms with Gasteiger partial charge in [0.05, 0.1) is 17.0 Å². The second-order valence-electron chi connectivity index (χ2n) is 8.63. The van der Waals surface area contributed by atoms with Gasteiger partial charge < -0.3 is 20.9 Å². The van der Waals surface area contributed by atoms with Gasteiger partial charge in [0.1, 0.15) is 11.5 Å². The van der Waals surface area contributed by atoms with Gasteiger partial charge in [-0.05, 0) is 63.1 Å². The number of rotatable bonds is 4. The Morgan fingerprint density at radius 1 is 1.31 bits per heavy atom. The van der Waals surface area contributed by atoms with E-state index in [9.17, 15) is 18.8 Å². The van der Waals surface area contributed by atoms with Gasteiger partial charge in [-0.15, -0.1) is 0 Å². The molecule has 4 N–H and O–H groups in total. The fraction of sp³-hybridized carbons (Fsp3) is 0.455. The highest BCUT2D eigenvalue weighted by Crippen LogP contribution is 2.46. The molecule has 2 fully saturated rings. The summed E-state index contributed by atoms with van der Waals surface area (Å²) < 4.78 is 13.8. The molecule has 4 rings (SSSR count). The molecule has 2 heterocycles. The number of piperidine rings is 1. The van der Waals surface area contributed by atoms with Crippen molar-refractivity contribution in [2.45, 2.75) is 51.5 Å². The molecule has 8 nitrogen and oxygen atoms in total. The van der Waals surface area contributed by atoms with Crippen molar-refractivity contribution >= 4 is 35.0 Å². The highest BCUT2D eigenvalue weighted by Gasteiger charge is 2.47. The second-order valence-corrected chi connectivity index (χ2v) is 9.04. The number of hydrogen-bond donors (Lipinski definition) is 3. The number of nitrogens with two attached hydrogens (primary N) is 1. The Morgan fingerprint density at radius 3 is 2.72 bits per heavy atom. The summed E-state index contributed by atoms with van der Waals surface area (Å²) in [5, 5.41) is 3.14. The van der Waals surface area contributed by atoms with Crippen molar-refractivity contribution in [3.63, 3.8) is 0 Å². The Morgan fingerprint density at radius 2 is 2.03 bits per heavy atom. The molecule has 2 aliphatic rings. The van der Waals surface area contributed by atoms with Gasteiger partial charge in [-0.2, -0.15) is 0 Å². The van der Waals surface area contributed by atoms with E-state index in [4.69, 9.17) is 17.3 Å². The number of halogens is 2. The third-order valence-corrected chi connectivity index (χ3v) is 6.94. The zero-order valence-corrected chi connectivity index (χ0v) is 18.5. The molecular weight excluding hydrogens is 437 g/mol. The number of anilines is 1. The predicted molar refractivity (Wildman–Crippen MR) is 117 cm³/mol. The van der Waals surface area contributed by atoms with Crippen LogP contribution in [0.1, 0.15) is 65.1 Å². The molecule has 0 radical (unpaired) electrons. The van der Waals surface area contributed by atoms with Crippen molar-refractivity contribution in [1.82, 2.24) is 15.3 Å². The zero-order valence-electron chi connectivity index (χ0n) is 17.7. The molecule has 1 saturated carbocycles. The number of nitrogens with one attached hydrogen (secondary N) is 2. The first kappa shape index (κ1) is 22.3. The van der Waals surface area contributed by atoms with Crippen LogP contribution < -0.4 is 16.0 Å². The van der Waals surface area contributed by atoms with E-state index in [0.717, 1.165) is 12.8 Å². The first-order chi connectivity index (χ1) is 15.2. The summed E-state index contributed by atoms with van der Waals surface area (Å²) in [6.07, 6.45) is 5.35. The van der Waals surface area contributed by atoms with Crippen molar-refractivity contribution in [3.05, 3.63) is 46.3 Å². The average Bonchev–Trinajstić information content (AvgIpc) is 3.25. The maximum Gasteiger partial charge on any atom is 0.270 e. The monoisotopic (exact) mass is 461 g/mol. The highest BCUT2D eigenvalue weighted by atomic mass is 35.5. The van der Waals surface area contributed by atoms with E-state index < -0.39 is 23.0 Å². The number of carbonyl (C=O) groups is 3. The van der Waals surface area contributed by atoms with Gasteiger partial charge in [0.25, 0.3) is 11.8 Å². The molecule has 0 bridgehead atoms. The molecule has 0 atom stereocenters. The number of aromatic nitrogens is 2. The Kier molecular flexibility index (Phi) is 5.94. The number of aromatic amines is 1. The average molecular weight is 462 g/mol. The zero-order chi connectivity index (χ0) is 23.0. The van der Waals surface area contributed by atoms with Crippen molar-refractivity contribution in [1.29, 1.82) is 0 Å². The highest BCUT2D eigenvalue weighted by molar-refractivity contribution is 6.34. The standard InChI is InChI=1S/C22H25ClFN5O3/c1-12-9-16(14(23)10-15(12)24)29-8-2-5-22(21(29)32)6-3-13(4-7-22)28-20(31)18-17(19(25)30)26-11-27-18/h9-11,13H,2-8H2,1H3,(H2,25,30)(H,26,27)(H,28,31)/t13-,22-. The lowest BCUT2D eigenvalue weighted by molar-refractivity contribution is -0.132. The molecule has 1 saturated heterocycles. The lowest BCUT2D eigenvalue weighted by atomic mass is 9.67. The number of carbonyl (C=O) groups excluding carboxylic acids is 3. The lowest BCUT2D eigenvalue weighted by Crippen LogP contribution is -2.52. The molecule has 2 aromatic rings. The number of imidazole rings is 1. The number of hydrogen-bond acceptors (Lipinski definition) is 4. The summed E-state index contributed by atoms with van der Waals surface area (Å²) >= 11 is 6.27. The van der Waals surface area contributed by atoms with Crippen LogP contribution in [0.25, 0.3) is 0 Å². The summed E-state index contributed by atoms with van der Waals surface area (Å²) in [7, 11) is 0. The quantitative estimate of drug-likeness (QED) is 0.647. The molecular formula is C22H25ClFN5O3. The van der Waals surface area contributed by atoms with Crippen LogP contribution in [0.3, 0.4) is 0 Å². The minimum atomic E-state index is -0.776. The molecule has 10 heteroatoms. The van der Waals surface area contributed by atoms with Gasteiger partial charge in [-0.25, -0.2) is 9.37 Å². The van der Waals surface area contributed by atoms with E-state index in [2.05, 4.69) is 15.3 Å². The van der Waals surface area contributed by atoms with Crippen LogP contribution >= 0.6 is 11.6 Å². The first-order valence-corrected chi connectivity index (χ1v) is 11.0. The van der Waals surface area contributed by atoms with Gasteiger partial charge in [-0.3, -0.25) is 14.4 Å². The van der Waals surface area contributed by atoms with Crippen molar-refractivity contribution < 1.29 is 18.8 Å². The Labute approximate surface area is 189 Å². The molecule has 1 aromatic carbocycles. The fourth-order valence-corrected chi connectivity index (χ4v) is 5.09. The topological polar surface area (TPSA) is 121 Å². The molecule has 32 heavy (non-hydrogen) atoms. The Hall–Kier alpha value is -2.94. The van der Waals surface area contributed by atoms with Gasteiger partial charge in [-0.1, -0.05) is 11.6 Å². The molecule has 1 aliphatic carbocycles. The van der Waals surface area contributed by atoms with E-state index in [1.165, 1.54) is 12.4 Å². The number of H-pyrrole nitrogens is 1. The van der Waals surface area contributed by atoms with E-state index in [1.54, 1.807) is 17.9 Å². The van der Waals surface area contributed by atoms with Crippen LogP contribution in [0.4, 0.5) is 10.1 Å². The van der Waals surface area contributed by atoms with E-state index in [-0.39, 0.29) is 28.4 Å². The minimum absolute atomic E-state index is 0.00557. The van der Waals surface area contributed by atoms with Crippen molar-refractivity contribution in [2.75, 3.05) is 11.4 Å². The molecule has 3 amide bonds. The van der Waals surface area contributed by atoms with Crippen LogP contribution in [0.2, 0.25) is 5.02 Å². The van der Waals surface area contributed by atoms with E-state index in [1.807, 2.05) is 0 Å². The van der Waals surface area contributed by atoms with Gasteiger partial charge in [0.15, 0.2) is 5.69 Å². The van der Waals surface area contributed by atoms with Crippen LogP contribution in [0.15, 0.2) is 18.5 Å². The maximum atomic E-state index is 13.8. The molecule has 1 spiro atoms. The first-order valence-electron chi connectivity index (χ1n) is 10.6. The summed E-state index contributed by atoms with van der Waals surface area (Å²) in [4.78, 5) is 45.6. The molecule has 1 aliphatic heterocycles. The summed E-state index contributed by atoms with van der Waals surface area (Å²) in [5.41, 5.74) is 5.67. The van der Waals surface area contributed by atoms with Crippen molar-refractivity contribution in [3.8, 4) is 0 Å². The third kappa shape index (κ3) is 3.97. The van der Waals surface area contributed by atoms with E-state index in [0.29, 0.717) is 43.5 Å². The van der Waals surface area contributed by atoms with Gasteiger partial charge in [0.2, 0.25) is 5.91 Å². The number of aryl methyl sites for hydroxylation is 1. The number of amides is 3. The van der Waals surface area contributed by atoms with Crippen LogP contribution in [0, 0.1) is 18.2 Å². The maximum absolute atomic E-state index is 13.8. The van der Waals surface area contributed by atoms with Crippen LogP contribution in [0.5, 0.6) is 0 Å². The summed E-state index contributed by atoms with van der Waals surface area (Å²) in [6.45, 7) is 2.19. The third-order valence-electron chi connectivity index (χ3n) is 6.63. The minimum Gasteiger partial charge on any atom is -0.364 e. The predicted octanol–water partition coefficient (Wildman–Crippen LogP) is 3.10. The van der Waals surface area contributed by atoms with Crippen molar-refractivity contribution in [2.24, 2.45) is 11.1 Å².